The smallest absolute Gasteiger partial charge is 0.338 e. The number of halogens is 1. The van der Waals surface area contributed by atoms with Gasteiger partial charge in [-0.2, -0.15) is 0 Å². The molecule has 2 aromatic carbocycles. The molecule has 0 radical (unpaired) electrons. The lowest BCUT2D eigenvalue weighted by atomic mass is 10.1. The van der Waals surface area contributed by atoms with Gasteiger partial charge in [-0.15, -0.1) is 0 Å². The van der Waals surface area contributed by atoms with Crippen LogP contribution >= 0.6 is 11.6 Å². The Morgan fingerprint density at radius 3 is 2.03 bits per heavy atom. The molecule has 2 rings (SSSR count). The van der Waals surface area contributed by atoms with Gasteiger partial charge < -0.3 is 19.5 Å². The maximum atomic E-state index is 12.4. The molecular formula is C21H22ClNO6. The molecule has 154 valence electrons. The van der Waals surface area contributed by atoms with E-state index in [4.69, 9.17) is 25.8 Å². The van der Waals surface area contributed by atoms with Crippen molar-refractivity contribution < 1.29 is 28.6 Å². The van der Waals surface area contributed by atoms with E-state index in [2.05, 4.69) is 5.32 Å². The molecule has 2 aromatic rings. The first kappa shape index (κ1) is 22.2. The lowest BCUT2D eigenvalue weighted by molar-refractivity contribution is -0.122. The fraction of sp³-hybridized carbons (Fsp3) is 0.286. The normalized spacial score (nSPS) is 11.3. The Bertz CT molecular complexity index is 862. The van der Waals surface area contributed by atoms with Crippen molar-refractivity contribution in [3.8, 4) is 5.75 Å². The highest BCUT2D eigenvalue weighted by molar-refractivity contribution is 6.33. The quantitative estimate of drug-likeness (QED) is 0.648. The number of esters is 2. The van der Waals surface area contributed by atoms with E-state index in [0.29, 0.717) is 10.7 Å². The lowest BCUT2D eigenvalue weighted by Crippen LogP contribution is -2.30. The molecule has 1 atom stereocenters. The predicted molar refractivity (Wildman–Crippen MR) is 109 cm³/mol. The van der Waals surface area contributed by atoms with E-state index >= 15 is 0 Å². The topological polar surface area (TPSA) is 90.9 Å². The number of hydrogen-bond donors (Lipinski definition) is 1. The highest BCUT2D eigenvalue weighted by Gasteiger charge is 2.20. The predicted octanol–water partition coefficient (Wildman–Crippen LogP) is 4.10. The first-order chi connectivity index (χ1) is 13.8. The van der Waals surface area contributed by atoms with Crippen LogP contribution in [0.2, 0.25) is 5.02 Å². The number of carbonyl (C=O) groups excluding carboxylic acids is 3. The highest BCUT2D eigenvalue weighted by Crippen LogP contribution is 2.23. The summed E-state index contributed by atoms with van der Waals surface area (Å²) < 4.78 is 15.6. The Balaban J connectivity index is 2.22. The highest BCUT2D eigenvalue weighted by atomic mass is 35.5. The second kappa shape index (κ2) is 10.5. The number of nitrogens with one attached hydrogen (secondary N) is 1. The van der Waals surface area contributed by atoms with Crippen LogP contribution in [0.3, 0.4) is 0 Å². The number of anilines is 1. The van der Waals surface area contributed by atoms with E-state index in [9.17, 15) is 14.4 Å². The third kappa shape index (κ3) is 6.22. The SMILES string of the molecule is CCOC(=O)c1cc(O[C@@H](C)C(=O)Nc2ccccc2Cl)cc(C(=O)OCC)c1. The van der Waals surface area contributed by atoms with Crippen molar-refractivity contribution in [2.75, 3.05) is 18.5 Å². The molecule has 29 heavy (non-hydrogen) atoms. The van der Waals surface area contributed by atoms with Gasteiger partial charge in [0.15, 0.2) is 6.10 Å². The molecule has 0 spiro atoms. The zero-order chi connectivity index (χ0) is 21.4. The molecular weight excluding hydrogens is 398 g/mol. The summed E-state index contributed by atoms with van der Waals surface area (Å²) in [6.45, 7) is 5.23. The van der Waals surface area contributed by atoms with Gasteiger partial charge >= 0.3 is 11.9 Å². The molecule has 0 aliphatic heterocycles. The van der Waals surface area contributed by atoms with Crippen LogP contribution in [0.1, 0.15) is 41.5 Å². The van der Waals surface area contributed by atoms with E-state index in [1.54, 1.807) is 38.1 Å². The zero-order valence-electron chi connectivity index (χ0n) is 16.4. The molecule has 0 aliphatic carbocycles. The van der Waals surface area contributed by atoms with E-state index in [0.717, 1.165) is 0 Å². The minimum atomic E-state index is -0.932. The number of rotatable bonds is 8. The van der Waals surface area contributed by atoms with E-state index in [-0.39, 0.29) is 30.1 Å². The summed E-state index contributed by atoms with van der Waals surface area (Å²) >= 11 is 6.05. The first-order valence-electron chi connectivity index (χ1n) is 9.07. The third-order valence-corrected chi connectivity index (χ3v) is 4.07. The van der Waals surface area contributed by atoms with Crippen molar-refractivity contribution in [3.63, 3.8) is 0 Å². The number of ether oxygens (including phenoxy) is 3. The van der Waals surface area contributed by atoms with Crippen LogP contribution in [0.5, 0.6) is 5.75 Å². The van der Waals surface area contributed by atoms with Crippen LogP contribution in [-0.4, -0.2) is 37.2 Å². The number of carbonyl (C=O) groups is 3. The first-order valence-corrected chi connectivity index (χ1v) is 9.44. The zero-order valence-corrected chi connectivity index (χ0v) is 17.1. The summed E-state index contributed by atoms with van der Waals surface area (Å²) in [5, 5.41) is 3.06. The Kier molecular flexibility index (Phi) is 8.03. The molecule has 8 heteroatoms. The van der Waals surface area contributed by atoms with E-state index in [1.165, 1.54) is 25.1 Å². The van der Waals surface area contributed by atoms with Crippen LogP contribution in [0, 0.1) is 0 Å². The molecule has 0 bridgehead atoms. The Hall–Kier alpha value is -3.06. The summed E-state index contributed by atoms with van der Waals surface area (Å²) in [6.07, 6.45) is -0.932. The molecule has 0 aliphatic rings. The van der Waals surface area contributed by atoms with Crippen molar-refractivity contribution in [1.82, 2.24) is 0 Å². The molecule has 0 heterocycles. The summed E-state index contributed by atoms with van der Waals surface area (Å²) in [4.78, 5) is 36.6. The number of benzene rings is 2. The van der Waals surface area contributed by atoms with Gasteiger partial charge in [-0.25, -0.2) is 9.59 Å². The molecule has 7 nitrogen and oxygen atoms in total. The van der Waals surface area contributed by atoms with Crippen molar-refractivity contribution in [1.29, 1.82) is 0 Å². The largest absolute Gasteiger partial charge is 0.481 e. The van der Waals surface area contributed by atoms with Crippen LogP contribution < -0.4 is 10.1 Å². The fourth-order valence-electron chi connectivity index (χ4n) is 2.39. The summed E-state index contributed by atoms with van der Waals surface area (Å²) in [5.74, 6) is -1.52. The van der Waals surface area contributed by atoms with Gasteiger partial charge in [-0.3, -0.25) is 4.79 Å². The molecule has 0 aromatic heterocycles. The fourth-order valence-corrected chi connectivity index (χ4v) is 2.57. The second-order valence-electron chi connectivity index (χ2n) is 5.92. The minimum Gasteiger partial charge on any atom is -0.481 e. The maximum absolute atomic E-state index is 12.4. The monoisotopic (exact) mass is 419 g/mol. The van der Waals surface area contributed by atoms with E-state index < -0.39 is 23.9 Å². The Labute approximate surface area is 173 Å². The summed E-state index contributed by atoms with van der Waals surface area (Å²) in [6, 6.07) is 11.0. The lowest BCUT2D eigenvalue weighted by Gasteiger charge is -2.16. The van der Waals surface area contributed by atoms with E-state index in [1.807, 2.05) is 0 Å². The van der Waals surface area contributed by atoms with Crippen LogP contribution in [0.25, 0.3) is 0 Å². The van der Waals surface area contributed by atoms with Crippen molar-refractivity contribution in [2.45, 2.75) is 26.9 Å². The van der Waals surface area contributed by atoms with Crippen LogP contribution in [0.15, 0.2) is 42.5 Å². The van der Waals surface area contributed by atoms with Gasteiger partial charge in [0.25, 0.3) is 5.91 Å². The average Bonchev–Trinajstić information content (AvgIpc) is 2.69. The average molecular weight is 420 g/mol. The van der Waals surface area contributed by atoms with Gasteiger partial charge in [0, 0.05) is 0 Å². The third-order valence-electron chi connectivity index (χ3n) is 3.74. The Morgan fingerprint density at radius 1 is 0.966 bits per heavy atom. The van der Waals surface area contributed by atoms with Crippen molar-refractivity contribution >= 4 is 35.1 Å². The van der Waals surface area contributed by atoms with Crippen molar-refractivity contribution in [2.24, 2.45) is 0 Å². The Morgan fingerprint density at radius 2 is 1.52 bits per heavy atom. The molecule has 0 unspecified atom stereocenters. The van der Waals surface area contributed by atoms with Gasteiger partial charge in [-0.1, -0.05) is 23.7 Å². The van der Waals surface area contributed by atoms with Gasteiger partial charge in [0.2, 0.25) is 0 Å². The van der Waals surface area contributed by atoms with Gasteiger partial charge in [-0.05, 0) is 51.1 Å². The molecule has 1 amide bonds. The van der Waals surface area contributed by atoms with Crippen LogP contribution in [-0.2, 0) is 14.3 Å². The van der Waals surface area contributed by atoms with Crippen LogP contribution in [0.4, 0.5) is 5.69 Å². The number of amides is 1. The molecule has 1 N–H and O–H groups in total. The van der Waals surface area contributed by atoms with Gasteiger partial charge in [0.05, 0.1) is 35.1 Å². The second-order valence-corrected chi connectivity index (χ2v) is 6.32. The molecule has 0 saturated carbocycles. The van der Waals surface area contributed by atoms with Crippen molar-refractivity contribution in [3.05, 3.63) is 58.6 Å². The molecule has 0 fully saturated rings. The number of hydrogen-bond acceptors (Lipinski definition) is 6. The standard InChI is InChI=1S/C21H22ClNO6/c1-4-27-20(25)14-10-15(21(26)28-5-2)12-16(11-14)29-13(3)19(24)23-18-9-7-6-8-17(18)22/h6-13H,4-5H2,1-3H3,(H,23,24)/t13-/m0/s1. The maximum Gasteiger partial charge on any atom is 0.338 e. The van der Waals surface area contributed by atoms with Gasteiger partial charge in [0.1, 0.15) is 5.75 Å². The summed E-state index contributed by atoms with van der Waals surface area (Å²) in [7, 11) is 0. The molecule has 0 saturated heterocycles. The number of para-hydroxylation sites is 1. The minimum absolute atomic E-state index is 0.117. The summed E-state index contributed by atoms with van der Waals surface area (Å²) in [5.41, 5.74) is 0.680.